The van der Waals surface area contributed by atoms with E-state index in [0.717, 1.165) is 12.0 Å². The maximum absolute atomic E-state index is 13.3. The van der Waals surface area contributed by atoms with E-state index in [0.29, 0.717) is 19.4 Å². The summed E-state index contributed by atoms with van der Waals surface area (Å²) in [5.74, 6) is -4.56. The standard InChI is InChI=1S/C25H36N4O7/c1-3-15(2)21(25(35)36)29-23(33)18(11-12-20(30)31)27-24(34)19(14-16-8-5-4-6-9-16)28-22(32)17-10-7-13-26-17/h4-6,8-9,15,17-19,21,26H,3,7,10-14H2,1-2H3,(H,27,34)(H,28,32)(H,29,33)(H,30,31)(H,35,36). The Hall–Kier alpha value is -3.47. The molecule has 1 aromatic rings. The van der Waals surface area contributed by atoms with Gasteiger partial charge in [0.05, 0.1) is 6.04 Å². The Kier molecular flexibility index (Phi) is 11.3. The second-order valence-electron chi connectivity index (χ2n) is 9.10. The van der Waals surface area contributed by atoms with Gasteiger partial charge in [0.25, 0.3) is 0 Å². The number of amides is 3. The first-order chi connectivity index (χ1) is 17.1. The molecule has 0 aliphatic carbocycles. The van der Waals surface area contributed by atoms with Crippen molar-refractivity contribution in [2.75, 3.05) is 6.54 Å². The fourth-order valence-electron chi connectivity index (χ4n) is 3.99. The molecule has 1 aromatic carbocycles. The van der Waals surface area contributed by atoms with Gasteiger partial charge in [-0.2, -0.15) is 0 Å². The highest BCUT2D eigenvalue weighted by atomic mass is 16.4. The summed E-state index contributed by atoms with van der Waals surface area (Å²) in [5.41, 5.74) is 0.784. The normalized spacial score (nSPS) is 18.3. The van der Waals surface area contributed by atoms with Gasteiger partial charge in [-0.3, -0.25) is 19.2 Å². The van der Waals surface area contributed by atoms with Crippen LogP contribution in [-0.4, -0.2) is 70.6 Å². The Morgan fingerprint density at radius 2 is 1.67 bits per heavy atom. The summed E-state index contributed by atoms with van der Waals surface area (Å²) in [7, 11) is 0. The first-order valence-corrected chi connectivity index (χ1v) is 12.2. The minimum Gasteiger partial charge on any atom is -0.481 e. The van der Waals surface area contributed by atoms with Gasteiger partial charge in [0.15, 0.2) is 0 Å². The summed E-state index contributed by atoms with van der Waals surface area (Å²) in [6.07, 6.45) is 1.47. The van der Waals surface area contributed by atoms with E-state index in [1.54, 1.807) is 38.1 Å². The van der Waals surface area contributed by atoms with Gasteiger partial charge < -0.3 is 31.5 Å². The van der Waals surface area contributed by atoms with E-state index in [2.05, 4.69) is 21.3 Å². The van der Waals surface area contributed by atoms with Crippen molar-refractivity contribution in [2.45, 2.75) is 76.5 Å². The molecule has 1 saturated heterocycles. The van der Waals surface area contributed by atoms with Crippen LogP contribution in [0.3, 0.4) is 0 Å². The van der Waals surface area contributed by atoms with Gasteiger partial charge in [0.1, 0.15) is 18.1 Å². The Bertz CT molecular complexity index is 918. The lowest BCUT2D eigenvalue weighted by Gasteiger charge is -2.26. The highest BCUT2D eigenvalue weighted by Gasteiger charge is 2.33. The minimum atomic E-state index is -1.29. The number of rotatable bonds is 14. The minimum absolute atomic E-state index is 0.156. The molecule has 1 aliphatic heterocycles. The number of carboxylic acid groups (broad SMARTS) is 2. The largest absolute Gasteiger partial charge is 0.481 e. The van der Waals surface area contributed by atoms with Crippen LogP contribution in [0.1, 0.15) is 51.5 Å². The number of hydrogen-bond donors (Lipinski definition) is 6. The lowest BCUT2D eigenvalue weighted by atomic mass is 9.98. The fourth-order valence-corrected chi connectivity index (χ4v) is 3.99. The molecule has 6 N–H and O–H groups in total. The third kappa shape index (κ3) is 8.95. The molecular formula is C25H36N4O7. The van der Waals surface area contributed by atoms with E-state index in [9.17, 15) is 29.1 Å². The van der Waals surface area contributed by atoms with Crippen LogP contribution in [0.5, 0.6) is 0 Å². The zero-order chi connectivity index (χ0) is 26.7. The molecule has 0 saturated carbocycles. The molecule has 0 spiro atoms. The fraction of sp³-hybridized carbons (Fsp3) is 0.560. The maximum atomic E-state index is 13.3. The topological polar surface area (TPSA) is 174 Å². The molecule has 0 bridgehead atoms. The molecule has 1 fully saturated rings. The van der Waals surface area contributed by atoms with Crippen molar-refractivity contribution >= 4 is 29.7 Å². The molecule has 11 nitrogen and oxygen atoms in total. The van der Waals surface area contributed by atoms with E-state index in [1.807, 2.05) is 6.07 Å². The van der Waals surface area contributed by atoms with Crippen molar-refractivity contribution in [3.63, 3.8) is 0 Å². The predicted octanol–water partition coefficient (Wildman–Crippen LogP) is 0.431. The molecule has 198 valence electrons. The van der Waals surface area contributed by atoms with Crippen molar-refractivity contribution in [1.29, 1.82) is 0 Å². The molecule has 1 heterocycles. The van der Waals surface area contributed by atoms with E-state index in [1.165, 1.54) is 0 Å². The number of nitrogens with one attached hydrogen (secondary N) is 4. The second kappa shape index (κ2) is 14.2. The van der Waals surface area contributed by atoms with Crippen LogP contribution in [0.15, 0.2) is 30.3 Å². The number of carbonyl (C=O) groups excluding carboxylic acids is 3. The molecule has 11 heteroatoms. The zero-order valence-corrected chi connectivity index (χ0v) is 20.7. The molecule has 2 rings (SSSR count). The molecule has 3 amide bonds. The molecule has 36 heavy (non-hydrogen) atoms. The van der Waals surface area contributed by atoms with Gasteiger partial charge >= 0.3 is 11.9 Å². The van der Waals surface area contributed by atoms with Crippen LogP contribution in [0.2, 0.25) is 0 Å². The Balaban J connectivity index is 2.21. The summed E-state index contributed by atoms with van der Waals surface area (Å²) in [6, 6.07) is 5.10. The van der Waals surface area contributed by atoms with Crippen molar-refractivity contribution in [3.8, 4) is 0 Å². The van der Waals surface area contributed by atoms with Gasteiger partial charge in [0, 0.05) is 12.8 Å². The van der Waals surface area contributed by atoms with E-state index in [4.69, 9.17) is 5.11 Å². The SMILES string of the molecule is CCC(C)C(NC(=O)C(CCC(=O)O)NC(=O)C(Cc1ccccc1)NC(=O)C1CCCN1)C(=O)O. The van der Waals surface area contributed by atoms with Crippen LogP contribution in [-0.2, 0) is 30.4 Å². The third-order valence-electron chi connectivity index (χ3n) is 6.35. The average molecular weight is 505 g/mol. The van der Waals surface area contributed by atoms with E-state index < -0.39 is 54.3 Å². The van der Waals surface area contributed by atoms with Gasteiger partial charge in [-0.1, -0.05) is 50.6 Å². The van der Waals surface area contributed by atoms with Crippen molar-refractivity contribution in [1.82, 2.24) is 21.3 Å². The van der Waals surface area contributed by atoms with Gasteiger partial charge in [0.2, 0.25) is 17.7 Å². The van der Waals surface area contributed by atoms with Crippen LogP contribution in [0.25, 0.3) is 0 Å². The van der Waals surface area contributed by atoms with E-state index in [-0.39, 0.29) is 24.7 Å². The molecule has 5 unspecified atom stereocenters. The highest BCUT2D eigenvalue weighted by Crippen LogP contribution is 2.11. The summed E-state index contributed by atoms with van der Waals surface area (Å²) in [4.78, 5) is 61.8. The predicted molar refractivity (Wildman–Crippen MR) is 131 cm³/mol. The van der Waals surface area contributed by atoms with Crippen LogP contribution in [0.4, 0.5) is 0 Å². The summed E-state index contributed by atoms with van der Waals surface area (Å²) in [6.45, 7) is 4.16. The second-order valence-corrected chi connectivity index (χ2v) is 9.10. The average Bonchev–Trinajstić information content (AvgIpc) is 3.39. The lowest BCUT2D eigenvalue weighted by Crippen LogP contribution is -2.58. The van der Waals surface area contributed by atoms with Gasteiger partial charge in [-0.15, -0.1) is 0 Å². The number of carbonyl (C=O) groups is 5. The number of benzene rings is 1. The molecular weight excluding hydrogens is 468 g/mol. The number of carboxylic acids is 2. The third-order valence-corrected chi connectivity index (χ3v) is 6.35. The summed E-state index contributed by atoms with van der Waals surface area (Å²) in [5, 5.41) is 29.4. The van der Waals surface area contributed by atoms with Gasteiger partial charge in [-0.25, -0.2) is 4.79 Å². The zero-order valence-electron chi connectivity index (χ0n) is 20.7. The summed E-state index contributed by atoms with van der Waals surface area (Å²) < 4.78 is 0. The number of aliphatic carboxylic acids is 2. The monoisotopic (exact) mass is 504 g/mol. The molecule has 0 aromatic heterocycles. The van der Waals surface area contributed by atoms with E-state index >= 15 is 0 Å². The van der Waals surface area contributed by atoms with Crippen LogP contribution >= 0.6 is 0 Å². The highest BCUT2D eigenvalue weighted by molar-refractivity contribution is 5.94. The van der Waals surface area contributed by atoms with Gasteiger partial charge in [-0.05, 0) is 37.3 Å². The molecule has 1 aliphatic rings. The van der Waals surface area contributed by atoms with Crippen LogP contribution in [0, 0.1) is 5.92 Å². The Morgan fingerprint density at radius 3 is 2.22 bits per heavy atom. The van der Waals surface area contributed by atoms with Crippen LogP contribution < -0.4 is 21.3 Å². The van der Waals surface area contributed by atoms with Crippen molar-refractivity contribution in [3.05, 3.63) is 35.9 Å². The quantitative estimate of drug-likeness (QED) is 0.211. The van der Waals surface area contributed by atoms with Crippen molar-refractivity contribution < 1.29 is 34.2 Å². The number of hydrogen-bond acceptors (Lipinski definition) is 6. The lowest BCUT2D eigenvalue weighted by molar-refractivity contribution is -0.144. The Morgan fingerprint density at radius 1 is 1.00 bits per heavy atom. The maximum Gasteiger partial charge on any atom is 0.326 e. The van der Waals surface area contributed by atoms with Crippen molar-refractivity contribution in [2.24, 2.45) is 5.92 Å². The smallest absolute Gasteiger partial charge is 0.326 e. The first kappa shape index (κ1) is 28.8. The molecule has 0 radical (unpaired) electrons. The summed E-state index contributed by atoms with van der Waals surface area (Å²) >= 11 is 0. The Labute approximate surface area is 210 Å². The molecule has 5 atom stereocenters. The first-order valence-electron chi connectivity index (χ1n) is 12.2.